The molecule has 1 amide bonds. The first kappa shape index (κ1) is 23.2. The van der Waals surface area contributed by atoms with Gasteiger partial charge in [-0.1, -0.05) is 42.5 Å². The van der Waals surface area contributed by atoms with Crippen molar-refractivity contribution in [2.45, 2.75) is 31.7 Å². The van der Waals surface area contributed by atoms with Crippen molar-refractivity contribution in [3.05, 3.63) is 87.6 Å². The molecule has 32 heavy (non-hydrogen) atoms. The highest BCUT2D eigenvalue weighted by atomic mass is 32.1. The Hall–Kier alpha value is -3.45. The molecule has 7 heteroatoms. The van der Waals surface area contributed by atoms with Gasteiger partial charge < -0.3 is 15.2 Å². The molecule has 3 rings (SSSR count). The van der Waals surface area contributed by atoms with Crippen LogP contribution >= 0.6 is 11.3 Å². The first-order chi connectivity index (χ1) is 15.2. The van der Waals surface area contributed by atoms with Crippen LogP contribution in [0.5, 0.6) is 5.75 Å². The zero-order chi connectivity index (χ0) is 23.3. The van der Waals surface area contributed by atoms with Crippen molar-refractivity contribution in [3.63, 3.8) is 0 Å². The molecule has 0 spiro atoms. The summed E-state index contributed by atoms with van der Waals surface area (Å²) < 4.78 is 4.87. The maximum absolute atomic E-state index is 13.2. The van der Waals surface area contributed by atoms with E-state index in [-0.39, 0.29) is 23.9 Å². The SMILES string of the molecule is COC(=O)[C@H](Cc1ccc(O)cc1)NC(=O)C(C)(C)c1ccc(C(=O)c2ccccc2)s1. The van der Waals surface area contributed by atoms with E-state index in [9.17, 15) is 19.5 Å². The number of aromatic hydroxyl groups is 1. The van der Waals surface area contributed by atoms with Gasteiger partial charge in [0.1, 0.15) is 11.8 Å². The Kier molecular flexibility index (Phi) is 7.10. The molecule has 0 bridgehead atoms. The van der Waals surface area contributed by atoms with E-state index in [1.165, 1.54) is 30.6 Å². The second-order valence-electron chi connectivity index (χ2n) is 7.90. The van der Waals surface area contributed by atoms with Crippen LogP contribution in [0.25, 0.3) is 0 Å². The smallest absolute Gasteiger partial charge is 0.328 e. The third-order valence-electron chi connectivity index (χ3n) is 5.22. The molecule has 0 aliphatic carbocycles. The van der Waals surface area contributed by atoms with Gasteiger partial charge in [0.15, 0.2) is 0 Å². The molecule has 0 unspecified atom stereocenters. The van der Waals surface area contributed by atoms with Crippen molar-refractivity contribution < 1.29 is 24.2 Å². The summed E-state index contributed by atoms with van der Waals surface area (Å²) in [5.41, 5.74) is 0.382. The number of carbonyl (C=O) groups excluding carboxylic acids is 3. The van der Waals surface area contributed by atoms with E-state index in [0.717, 1.165) is 5.56 Å². The van der Waals surface area contributed by atoms with Crippen LogP contribution < -0.4 is 5.32 Å². The van der Waals surface area contributed by atoms with Gasteiger partial charge in [-0.15, -0.1) is 11.3 Å². The highest BCUT2D eigenvalue weighted by molar-refractivity contribution is 7.14. The molecule has 0 aliphatic heterocycles. The average Bonchev–Trinajstić information content (AvgIpc) is 3.30. The fraction of sp³-hybridized carbons (Fsp3) is 0.240. The number of phenols is 1. The maximum Gasteiger partial charge on any atom is 0.328 e. The number of amides is 1. The second kappa shape index (κ2) is 9.78. The first-order valence-corrected chi connectivity index (χ1v) is 10.9. The third kappa shape index (κ3) is 5.23. The van der Waals surface area contributed by atoms with Gasteiger partial charge in [0, 0.05) is 16.9 Å². The highest BCUT2D eigenvalue weighted by Gasteiger charge is 2.35. The minimum atomic E-state index is -0.971. The molecular formula is C25H25NO5S. The van der Waals surface area contributed by atoms with Crippen LogP contribution in [0.1, 0.15) is 39.5 Å². The van der Waals surface area contributed by atoms with Gasteiger partial charge >= 0.3 is 5.97 Å². The van der Waals surface area contributed by atoms with Gasteiger partial charge in [-0.2, -0.15) is 0 Å². The molecule has 6 nitrogen and oxygen atoms in total. The predicted octanol–water partition coefficient (Wildman–Crippen LogP) is 3.86. The number of rotatable bonds is 8. The fourth-order valence-electron chi connectivity index (χ4n) is 3.18. The summed E-state index contributed by atoms with van der Waals surface area (Å²) >= 11 is 1.26. The van der Waals surface area contributed by atoms with Crippen LogP contribution in [0.3, 0.4) is 0 Å². The Morgan fingerprint density at radius 3 is 2.28 bits per heavy atom. The number of ketones is 1. The predicted molar refractivity (Wildman–Crippen MR) is 123 cm³/mol. The van der Waals surface area contributed by atoms with E-state index in [1.54, 1.807) is 62.4 Å². The van der Waals surface area contributed by atoms with Crippen molar-refractivity contribution in [2.24, 2.45) is 0 Å². The van der Waals surface area contributed by atoms with Crippen molar-refractivity contribution in [3.8, 4) is 5.75 Å². The number of benzene rings is 2. The molecule has 1 atom stereocenters. The third-order valence-corrected chi connectivity index (χ3v) is 6.62. The highest BCUT2D eigenvalue weighted by Crippen LogP contribution is 2.31. The molecule has 2 aromatic carbocycles. The molecule has 2 N–H and O–H groups in total. The van der Waals surface area contributed by atoms with Crippen molar-refractivity contribution in [1.82, 2.24) is 5.32 Å². The van der Waals surface area contributed by atoms with Crippen molar-refractivity contribution in [1.29, 1.82) is 0 Å². The number of hydrogen-bond donors (Lipinski definition) is 2. The van der Waals surface area contributed by atoms with Gasteiger partial charge in [-0.25, -0.2) is 4.79 Å². The number of carbonyl (C=O) groups is 3. The molecule has 3 aromatic rings. The number of ether oxygens (including phenoxy) is 1. The van der Waals surface area contributed by atoms with Gasteiger partial charge in [0.25, 0.3) is 0 Å². The molecule has 1 heterocycles. The van der Waals surface area contributed by atoms with E-state index in [2.05, 4.69) is 5.32 Å². The quantitative estimate of drug-likeness (QED) is 0.401. The Bertz CT molecular complexity index is 1100. The lowest BCUT2D eigenvalue weighted by Crippen LogP contribution is -2.49. The Labute approximate surface area is 190 Å². The van der Waals surface area contributed by atoms with Crippen LogP contribution in [-0.4, -0.2) is 35.9 Å². The standard InChI is InChI=1S/C25H25NO5S/c1-25(2,21-14-13-20(32-21)22(28)17-7-5-4-6-8-17)24(30)26-19(23(29)31-3)15-16-9-11-18(27)12-10-16/h4-14,19,27H,15H2,1-3H3,(H,26,30)/t19-/m0/s1. The monoisotopic (exact) mass is 451 g/mol. The minimum Gasteiger partial charge on any atom is -0.508 e. The van der Waals surface area contributed by atoms with Gasteiger partial charge in [-0.3, -0.25) is 9.59 Å². The van der Waals surface area contributed by atoms with Crippen LogP contribution in [-0.2, 0) is 26.2 Å². The normalized spacial score (nSPS) is 12.1. The van der Waals surface area contributed by atoms with E-state index in [0.29, 0.717) is 15.3 Å². The van der Waals surface area contributed by atoms with Crippen LogP contribution in [0.4, 0.5) is 0 Å². The second-order valence-corrected chi connectivity index (χ2v) is 8.99. The Morgan fingerprint density at radius 1 is 1.00 bits per heavy atom. The van der Waals surface area contributed by atoms with Gasteiger partial charge in [-0.05, 0) is 43.7 Å². The molecule has 0 saturated heterocycles. The number of phenolic OH excluding ortho intramolecular Hbond substituents is 1. The minimum absolute atomic E-state index is 0.0992. The molecule has 0 fully saturated rings. The summed E-state index contributed by atoms with van der Waals surface area (Å²) in [7, 11) is 1.27. The zero-order valence-corrected chi connectivity index (χ0v) is 18.9. The molecule has 0 saturated carbocycles. The summed E-state index contributed by atoms with van der Waals surface area (Å²) in [6.07, 6.45) is 0.219. The number of thiophene rings is 1. The maximum atomic E-state index is 13.2. The Morgan fingerprint density at radius 2 is 1.66 bits per heavy atom. The average molecular weight is 452 g/mol. The fourth-order valence-corrected chi connectivity index (χ4v) is 4.25. The number of nitrogens with one attached hydrogen (secondary N) is 1. The zero-order valence-electron chi connectivity index (χ0n) is 18.1. The first-order valence-electron chi connectivity index (χ1n) is 10.1. The summed E-state index contributed by atoms with van der Waals surface area (Å²) in [4.78, 5) is 39.4. The van der Waals surface area contributed by atoms with Crippen LogP contribution in [0, 0.1) is 0 Å². The van der Waals surface area contributed by atoms with Crippen LogP contribution in [0.2, 0.25) is 0 Å². The molecule has 1 aromatic heterocycles. The molecular weight excluding hydrogens is 426 g/mol. The summed E-state index contributed by atoms with van der Waals surface area (Å²) in [5.74, 6) is -0.898. The number of esters is 1. The van der Waals surface area contributed by atoms with Gasteiger partial charge in [0.2, 0.25) is 11.7 Å². The van der Waals surface area contributed by atoms with Crippen LogP contribution in [0.15, 0.2) is 66.7 Å². The summed E-state index contributed by atoms with van der Waals surface area (Å²) in [6.45, 7) is 3.50. The Balaban J connectivity index is 1.77. The topological polar surface area (TPSA) is 92.7 Å². The molecule has 0 radical (unpaired) electrons. The van der Waals surface area contributed by atoms with E-state index in [1.807, 2.05) is 6.07 Å². The largest absolute Gasteiger partial charge is 0.508 e. The number of methoxy groups -OCH3 is 1. The van der Waals surface area contributed by atoms with Crippen molar-refractivity contribution in [2.75, 3.05) is 7.11 Å². The van der Waals surface area contributed by atoms with Gasteiger partial charge in [0.05, 0.1) is 17.4 Å². The lowest BCUT2D eigenvalue weighted by Gasteiger charge is -2.25. The summed E-state index contributed by atoms with van der Waals surface area (Å²) in [6, 6.07) is 18.0. The van der Waals surface area contributed by atoms with E-state index in [4.69, 9.17) is 4.74 Å². The number of hydrogen-bond acceptors (Lipinski definition) is 6. The summed E-state index contributed by atoms with van der Waals surface area (Å²) in [5, 5.41) is 12.2. The molecule has 0 aliphatic rings. The lowest BCUT2D eigenvalue weighted by molar-refractivity contribution is -0.145. The van der Waals surface area contributed by atoms with E-state index >= 15 is 0 Å². The molecule has 166 valence electrons. The lowest BCUT2D eigenvalue weighted by atomic mass is 9.89. The van der Waals surface area contributed by atoms with Crippen molar-refractivity contribution >= 4 is 29.0 Å². The van der Waals surface area contributed by atoms with E-state index < -0.39 is 17.4 Å².